The van der Waals surface area contributed by atoms with Crippen LogP contribution in [-0.4, -0.2) is 21.6 Å². The van der Waals surface area contributed by atoms with Crippen LogP contribution in [0.2, 0.25) is 0 Å². The fourth-order valence-corrected chi connectivity index (χ4v) is 2.96. The third-order valence-electron chi connectivity index (χ3n) is 4.22. The molecule has 0 aromatic carbocycles. The molecule has 3 rings (SSSR count). The van der Waals surface area contributed by atoms with E-state index in [2.05, 4.69) is 16.5 Å². The summed E-state index contributed by atoms with van der Waals surface area (Å²) >= 11 is 0. The van der Waals surface area contributed by atoms with Crippen molar-refractivity contribution in [3.63, 3.8) is 0 Å². The van der Waals surface area contributed by atoms with Crippen molar-refractivity contribution in [2.45, 2.75) is 38.3 Å². The first kappa shape index (κ1) is 13.1. The van der Waals surface area contributed by atoms with Crippen molar-refractivity contribution in [2.24, 2.45) is 11.7 Å². The van der Waals surface area contributed by atoms with Crippen LogP contribution in [0.1, 0.15) is 31.2 Å². The van der Waals surface area contributed by atoms with Gasteiger partial charge in [0, 0.05) is 30.3 Å². The van der Waals surface area contributed by atoms with Crippen molar-refractivity contribution in [3.05, 3.63) is 36.2 Å². The van der Waals surface area contributed by atoms with Crippen molar-refractivity contribution >= 4 is 11.4 Å². The number of primary amides is 1. The Kier molecular flexibility index (Phi) is 3.69. The molecule has 5 nitrogen and oxygen atoms in total. The van der Waals surface area contributed by atoms with Gasteiger partial charge in [0.1, 0.15) is 0 Å². The van der Waals surface area contributed by atoms with Gasteiger partial charge in [-0.25, -0.2) is 4.52 Å². The van der Waals surface area contributed by atoms with E-state index >= 15 is 0 Å². The number of nitrogens with zero attached hydrogens (tertiary/aromatic N) is 2. The molecule has 0 spiro atoms. The van der Waals surface area contributed by atoms with Gasteiger partial charge in [-0.1, -0.05) is 6.07 Å². The van der Waals surface area contributed by atoms with E-state index < -0.39 is 0 Å². The highest BCUT2D eigenvalue weighted by molar-refractivity contribution is 5.76. The van der Waals surface area contributed by atoms with Crippen LogP contribution < -0.4 is 11.1 Å². The lowest BCUT2D eigenvalue weighted by Crippen LogP contribution is -2.36. The number of amides is 1. The highest BCUT2D eigenvalue weighted by Crippen LogP contribution is 2.24. The molecule has 0 aliphatic heterocycles. The van der Waals surface area contributed by atoms with Crippen molar-refractivity contribution < 1.29 is 4.79 Å². The lowest BCUT2D eigenvalue weighted by molar-refractivity contribution is -0.122. The summed E-state index contributed by atoms with van der Waals surface area (Å²) in [5.41, 5.74) is 7.71. The Balaban J connectivity index is 1.57. The molecule has 2 heterocycles. The van der Waals surface area contributed by atoms with E-state index in [1.54, 1.807) is 0 Å². The Morgan fingerprint density at radius 3 is 2.90 bits per heavy atom. The van der Waals surface area contributed by atoms with E-state index in [1.165, 1.54) is 5.56 Å². The van der Waals surface area contributed by atoms with E-state index in [0.717, 1.165) is 37.7 Å². The number of hydrogen-bond donors (Lipinski definition) is 2. The Bertz CT molecular complexity index is 599. The molecule has 0 atom stereocenters. The van der Waals surface area contributed by atoms with Gasteiger partial charge >= 0.3 is 0 Å². The second-order valence-electron chi connectivity index (χ2n) is 5.53. The summed E-state index contributed by atoms with van der Waals surface area (Å²) in [5, 5.41) is 7.90. The van der Waals surface area contributed by atoms with Crippen LogP contribution in [0.4, 0.5) is 0 Å². The van der Waals surface area contributed by atoms with E-state index in [1.807, 2.05) is 29.0 Å². The normalized spacial score (nSPS) is 23.0. The number of rotatable bonds is 4. The van der Waals surface area contributed by atoms with Gasteiger partial charge in [-0.05, 0) is 37.8 Å². The van der Waals surface area contributed by atoms with Crippen LogP contribution in [0.15, 0.2) is 30.6 Å². The number of pyridine rings is 1. The molecule has 3 N–H and O–H groups in total. The first-order valence-corrected chi connectivity index (χ1v) is 7.18. The molecule has 0 unspecified atom stereocenters. The smallest absolute Gasteiger partial charge is 0.220 e. The number of aromatic nitrogens is 2. The SMILES string of the molecule is NC(=O)C1CCC(NCc2cnn3ccccc23)CC1. The Hall–Kier alpha value is -1.88. The molecule has 106 valence electrons. The highest BCUT2D eigenvalue weighted by Gasteiger charge is 2.24. The van der Waals surface area contributed by atoms with Crippen LogP contribution in [0.3, 0.4) is 0 Å². The molecule has 1 saturated carbocycles. The van der Waals surface area contributed by atoms with Gasteiger partial charge in [0.2, 0.25) is 5.91 Å². The molecule has 0 saturated heterocycles. The second-order valence-corrected chi connectivity index (χ2v) is 5.53. The lowest BCUT2D eigenvalue weighted by atomic mass is 9.85. The number of carbonyl (C=O) groups is 1. The average molecular weight is 272 g/mol. The summed E-state index contributed by atoms with van der Waals surface area (Å²) in [6.45, 7) is 0.819. The van der Waals surface area contributed by atoms with Gasteiger partial charge in [0.25, 0.3) is 0 Å². The average Bonchev–Trinajstić information content (AvgIpc) is 2.89. The van der Waals surface area contributed by atoms with E-state index in [0.29, 0.717) is 6.04 Å². The fraction of sp³-hybridized carbons (Fsp3) is 0.467. The summed E-state index contributed by atoms with van der Waals surface area (Å²) in [5.74, 6) is -0.0730. The van der Waals surface area contributed by atoms with Crippen molar-refractivity contribution in [1.82, 2.24) is 14.9 Å². The summed E-state index contributed by atoms with van der Waals surface area (Å²) in [7, 11) is 0. The third-order valence-corrected chi connectivity index (χ3v) is 4.22. The Morgan fingerprint density at radius 1 is 1.35 bits per heavy atom. The summed E-state index contributed by atoms with van der Waals surface area (Å²) in [6.07, 6.45) is 7.72. The topological polar surface area (TPSA) is 72.4 Å². The molecular weight excluding hydrogens is 252 g/mol. The number of nitrogens with two attached hydrogens (primary N) is 1. The molecule has 1 fully saturated rings. The van der Waals surface area contributed by atoms with Crippen LogP contribution in [-0.2, 0) is 11.3 Å². The van der Waals surface area contributed by atoms with Gasteiger partial charge in [-0.3, -0.25) is 4.79 Å². The number of fused-ring (bicyclic) bond motifs is 1. The maximum atomic E-state index is 11.1. The van der Waals surface area contributed by atoms with Crippen molar-refractivity contribution in [1.29, 1.82) is 0 Å². The molecule has 1 aliphatic carbocycles. The number of hydrogen-bond acceptors (Lipinski definition) is 3. The maximum Gasteiger partial charge on any atom is 0.220 e. The molecule has 0 radical (unpaired) electrons. The van der Waals surface area contributed by atoms with Crippen LogP contribution >= 0.6 is 0 Å². The molecular formula is C15H20N4O. The number of nitrogens with one attached hydrogen (secondary N) is 1. The minimum Gasteiger partial charge on any atom is -0.369 e. The van der Waals surface area contributed by atoms with E-state index in [-0.39, 0.29) is 11.8 Å². The summed E-state index contributed by atoms with van der Waals surface area (Å²) in [6, 6.07) is 6.55. The monoisotopic (exact) mass is 272 g/mol. The van der Waals surface area contributed by atoms with Crippen molar-refractivity contribution in [2.75, 3.05) is 0 Å². The standard InChI is InChI=1S/C15H20N4O/c16-15(20)11-4-6-13(7-5-11)17-9-12-10-18-19-8-2-1-3-14(12)19/h1-3,8,10-11,13,17H,4-7,9H2,(H2,16,20). The van der Waals surface area contributed by atoms with Gasteiger partial charge in [-0.2, -0.15) is 5.10 Å². The zero-order valence-corrected chi connectivity index (χ0v) is 11.5. The first-order chi connectivity index (χ1) is 9.74. The Labute approximate surface area is 118 Å². The van der Waals surface area contributed by atoms with Gasteiger partial charge in [-0.15, -0.1) is 0 Å². The molecule has 20 heavy (non-hydrogen) atoms. The van der Waals surface area contributed by atoms with Crippen LogP contribution in [0.5, 0.6) is 0 Å². The molecule has 1 amide bonds. The molecule has 0 bridgehead atoms. The zero-order valence-electron chi connectivity index (χ0n) is 11.5. The first-order valence-electron chi connectivity index (χ1n) is 7.18. The summed E-state index contributed by atoms with van der Waals surface area (Å²) in [4.78, 5) is 11.1. The highest BCUT2D eigenvalue weighted by atomic mass is 16.1. The molecule has 2 aromatic heterocycles. The minimum atomic E-state index is -0.147. The fourth-order valence-electron chi connectivity index (χ4n) is 2.96. The van der Waals surface area contributed by atoms with Gasteiger partial charge < -0.3 is 11.1 Å². The molecule has 5 heteroatoms. The largest absolute Gasteiger partial charge is 0.369 e. The lowest BCUT2D eigenvalue weighted by Gasteiger charge is -2.27. The van der Waals surface area contributed by atoms with Crippen LogP contribution in [0, 0.1) is 5.92 Å². The van der Waals surface area contributed by atoms with Gasteiger partial charge in [0.05, 0.1) is 11.7 Å². The Morgan fingerprint density at radius 2 is 2.15 bits per heavy atom. The second kappa shape index (κ2) is 5.63. The third kappa shape index (κ3) is 2.67. The number of carbonyl (C=O) groups excluding carboxylic acids is 1. The molecule has 1 aliphatic rings. The van der Waals surface area contributed by atoms with Gasteiger partial charge in [0.15, 0.2) is 0 Å². The van der Waals surface area contributed by atoms with Crippen molar-refractivity contribution in [3.8, 4) is 0 Å². The quantitative estimate of drug-likeness (QED) is 0.885. The van der Waals surface area contributed by atoms with Crippen LogP contribution in [0.25, 0.3) is 5.52 Å². The minimum absolute atomic E-state index is 0.0741. The molecule has 2 aromatic rings. The van der Waals surface area contributed by atoms with E-state index in [4.69, 9.17) is 5.73 Å². The van der Waals surface area contributed by atoms with E-state index in [9.17, 15) is 4.79 Å². The maximum absolute atomic E-state index is 11.1. The predicted octanol–water partition coefficient (Wildman–Crippen LogP) is 1.47. The zero-order chi connectivity index (χ0) is 13.9. The summed E-state index contributed by atoms with van der Waals surface area (Å²) < 4.78 is 1.89. The predicted molar refractivity (Wildman–Crippen MR) is 77.0 cm³/mol.